The topological polar surface area (TPSA) is 95.5 Å². The van der Waals surface area contributed by atoms with Crippen LogP contribution in [0.25, 0.3) is 0 Å². The highest BCUT2D eigenvalue weighted by molar-refractivity contribution is 7.92. The van der Waals surface area contributed by atoms with Crippen molar-refractivity contribution in [2.75, 3.05) is 22.4 Å². The van der Waals surface area contributed by atoms with Gasteiger partial charge in [0.25, 0.3) is 0 Å². The van der Waals surface area contributed by atoms with Crippen LogP contribution in [-0.4, -0.2) is 31.8 Å². The fraction of sp³-hybridized carbons (Fsp3) is 0.364. The van der Waals surface area contributed by atoms with Crippen molar-refractivity contribution in [1.29, 1.82) is 0 Å². The van der Waals surface area contributed by atoms with Crippen LogP contribution in [0.2, 0.25) is 0 Å². The zero-order chi connectivity index (χ0) is 13.6. The maximum atomic E-state index is 11.6. The number of hydrogen-bond acceptors (Lipinski definition) is 4. The predicted octanol–water partition coefficient (Wildman–Crippen LogP) is 0.769. The Morgan fingerprint density at radius 2 is 2.00 bits per heavy atom. The second kappa shape index (κ2) is 6.36. The average molecular weight is 272 g/mol. The van der Waals surface area contributed by atoms with Gasteiger partial charge in [0.05, 0.1) is 11.4 Å². The molecule has 0 saturated heterocycles. The summed E-state index contributed by atoms with van der Waals surface area (Å²) in [5.41, 5.74) is 0.893. The zero-order valence-corrected chi connectivity index (χ0v) is 10.8. The van der Waals surface area contributed by atoms with Gasteiger partial charge in [-0.3, -0.25) is 9.52 Å². The SMILES string of the molecule is CC(=O)Nc1cccc(NS(=O)(=O)CCCO)c1. The normalized spacial score (nSPS) is 11.0. The molecule has 6 nitrogen and oxygen atoms in total. The highest BCUT2D eigenvalue weighted by Gasteiger charge is 2.10. The smallest absolute Gasteiger partial charge is 0.232 e. The minimum Gasteiger partial charge on any atom is -0.396 e. The van der Waals surface area contributed by atoms with Gasteiger partial charge in [0.2, 0.25) is 15.9 Å². The molecule has 0 aromatic heterocycles. The minimum absolute atomic E-state index is 0.145. The Bertz CT molecular complexity index is 514. The number of aliphatic hydroxyl groups is 1. The maximum absolute atomic E-state index is 11.6. The van der Waals surface area contributed by atoms with Crippen molar-refractivity contribution in [3.63, 3.8) is 0 Å². The molecule has 100 valence electrons. The van der Waals surface area contributed by atoms with Crippen LogP contribution in [0.1, 0.15) is 13.3 Å². The first-order valence-corrected chi connectivity index (χ1v) is 7.07. The molecule has 3 N–H and O–H groups in total. The molecule has 0 saturated carbocycles. The molecule has 0 unspecified atom stereocenters. The molecule has 0 aliphatic heterocycles. The quantitative estimate of drug-likeness (QED) is 0.712. The summed E-state index contributed by atoms with van der Waals surface area (Å²) in [6.07, 6.45) is 0.181. The fourth-order valence-electron chi connectivity index (χ4n) is 1.35. The van der Waals surface area contributed by atoms with Gasteiger partial charge in [0.15, 0.2) is 0 Å². The first-order chi connectivity index (χ1) is 8.43. The van der Waals surface area contributed by atoms with Crippen molar-refractivity contribution in [2.45, 2.75) is 13.3 Å². The van der Waals surface area contributed by atoms with E-state index in [2.05, 4.69) is 10.0 Å². The number of carbonyl (C=O) groups excluding carboxylic acids is 1. The molecular formula is C11H16N2O4S. The van der Waals surface area contributed by atoms with Gasteiger partial charge in [-0.15, -0.1) is 0 Å². The summed E-state index contributed by atoms with van der Waals surface area (Å²) in [5, 5.41) is 11.2. The predicted molar refractivity (Wildman–Crippen MR) is 69.9 cm³/mol. The third kappa shape index (κ3) is 5.15. The Morgan fingerprint density at radius 1 is 1.33 bits per heavy atom. The van der Waals surface area contributed by atoms with E-state index in [-0.39, 0.29) is 24.7 Å². The lowest BCUT2D eigenvalue weighted by Crippen LogP contribution is -2.17. The number of rotatable bonds is 6. The Kier molecular flexibility index (Phi) is 5.11. The fourth-order valence-corrected chi connectivity index (χ4v) is 2.45. The largest absolute Gasteiger partial charge is 0.396 e. The average Bonchev–Trinajstić information content (AvgIpc) is 2.25. The van der Waals surface area contributed by atoms with Gasteiger partial charge in [-0.05, 0) is 24.6 Å². The molecule has 18 heavy (non-hydrogen) atoms. The van der Waals surface area contributed by atoms with Crippen LogP contribution in [0.3, 0.4) is 0 Å². The Hall–Kier alpha value is -1.60. The number of anilines is 2. The van der Waals surface area contributed by atoms with Crippen LogP contribution in [0.5, 0.6) is 0 Å². The van der Waals surface area contributed by atoms with Crippen LogP contribution >= 0.6 is 0 Å². The number of nitrogens with one attached hydrogen (secondary N) is 2. The second-order valence-corrected chi connectivity index (χ2v) is 5.60. The Balaban J connectivity index is 2.75. The van der Waals surface area contributed by atoms with Gasteiger partial charge >= 0.3 is 0 Å². The number of carbonyl (C=O) groups is 1. The van der Waals surface area contributed by atoms with Crippen LogP contribution in [-0.2, 0) is 14.8 Å². The summed E-state index contributed by atoms with van der Waals surface area (Å²) in [6.45, 7) is 1.20. The summed E-state index contributed by atoms with van der Waals surface area (Å²) in [4.78, 5) is 10.9. The molecule has 1 rings (SSSR count). The molecule has 1 amide bonds. The van der Waals surface area contributed by atoms with Crippen molar-refractivity contribution in [1.82, 2.24) is 0 Å². The number of hydrogen-bond donors (Lipinski definition) is 3. The molecule has 0 radical (unpaired) electrons. The van der Waals surface area contributed by atoms with Gasteiger partial charge < -0.3 is 10.4 Å². The van der Waals surface area contributed by atoms with Crippen LogP contribution in [0, 0.1) is 0 Å². The lowest BCUT2D eigenvalue weighted by molar-refractivity contribution is -0.114. The van der Waals surface area contributed by atoms with E-state index < -0.39 is 10.0 Å². The van der Waals surface area contributed by atoms with Crippen molar-refractivity contribution in [3.05, 3.63) is 24.3 Å². The van der Waals surface area contributed by atoms with E-state index in [4.69, 9.17) is 5.11 Å². The van der Waals surface area contributed by atoms with Gasteiger partial charge in [-0.25, -0.2) is 8.42 Å². The summed E-state index contributed by atoms with van der Waals surface area (Å²) < 4.78 is 25.5. The van der Waals surface area contributed by atoms with E-state index in [1.807, 2.05) is 0 Å². The van der Waals surface area contributed by atoms with E-state index in [1.165, 1.54) is 13.0 Å². The van der Waals surface area contributed by atoms with Gasteiger partial charge in [-0.1, -0.05) is 6.07 Å². The summed E-state index contributed by atoms with van der Waals surface area (Å²) in [7, 11) is -3.46. The molecular weight excluding hydrogens is 256 g/mol. The highest BCUT2D eigenvalue weighted by Crippen LogP contribution is 2.16. The van der Waals surface area contributed by atoms with Crippen molar-refractivity contribution < 1.29 is 18.3 Å². The first-order valence-electron chi connectivity index (χ1n) is 5.42. The van der Waals surface area contributed by atoms with E-state index in [0.717, 1.165) is 0 Å². The zero-order valence-electron chi connectivity index (χ0n) is 10.0. The summed E-state index contributed by atoms with van der Waals surface area (Å²) in [5.74, 6) is -0.372. The third-order valence-electron chi connectivity index (χ3n) is 2.03. The molecule has 1 aromatic carbocycles. The van der Waals surface area contributed by atoms with E-state index in [1.54, 1.807) is 18.2 Å². The maximum Gasteiger partial charge on any atom is 0.232 e. The molecule has 0 aliphatic rings. The van der Waals surface area contributed by atoms with Gasteiger partial charge in [-0.2, -0.15) is 0 Å². The van der Waals surface area contributed by atoms with Crippen LogP contribution in [0.15, 0.2) is 24.3 Å². The molecule has 1 aromatic rings. The molecule has 7 heteroatoms. The molecule has 0 spiro atoms. The van der Waals surface area contributed by atoms with Gasteiger partial charge in [0, 0.05) is 19.2 Å². The van der Waals surface area contributed by atoms with Crippen molar-refractivity contribution in [2.24, 2.45) is 0 Å². The van der Waals surface area contributed by atoms with Crippen LogP contribution in [0.4, 0.5) is 11.4 Å². The third-order valence-corrected chi connectivity index (χ3v) is 3.40. The Morgan fingerprint density at radius 3 is 2.61 bits per heavy atom. The highest BCUT2D eigenvalue weighted by atomic mass is 32.2. The Labute approximate surface area is 106 Å². The monoisotopic (exact) mass is 272 g/mol. The molecule has 0 bridgehead atoms. The summed E-state index contributed by atoms with van der Waals surface area (Å²) >= 11 is 0. The van der Waals surface area contributed by atoms with E-state index in [9.17, 15) is 13.2 Å². The van der Waals surface area contributed by atoms with Crippen LogP contribution < -0.4 is 10.0 Å². The molecule has 0 atom stereocenters. The number of aliphatic hydroxyl groups excluding tert-OH is 1. The standard InChI is InChI=1S/C11H16N2O4S/c1-9(15)12-10-4-2-5-11(8-10)13-18(16,17)7-3-6-14/h2,4-5,8,13-14H,3,6-7H2,1H3,(H,12,15). The molecule has 0 heterocycles. The van der Waals surface area contributed by atoms with Crippen molar-refractivity contribution >= 4 is 27.3 Å². The first kappa shape index (κ1) is 14.5. The van der Waals surface area contributed by atoms with E-state index in [0.29, 0.717) is 11.4 Å². The lowest BCUT2D eigenvalue weighted by Gasteiger charge is -2.09. The molecule has 0 aliphatic carbocycles. The molecule has 0 fully saturated rings. The number of sulfonamides is 1. The van der Waals surface area contributed by atoms with E-state index >= 15 is 0 Å². The lowest BCUT2D eigenvalue weighted by atomic mass is 10.3. The number of amides is 1. The van der Waals surface area contributed by atoms with Crippen molar-refractivity contribution in [3.8, 4) is 0 Å². The number of benzene rings is 1. The van der Waals surface area contributed by atoms with Gasteiger partial charge in [0.1, 0.15) is 0 Å². The summed E-state index contributed by atoms with van der Waals surface area (Å²) in [6, 6.07) is 6.40. The second-order valence-electron chi connectivity index (χ2n) is 3.76. The minimum atomic E-state index is -3.46.